The van der Waals surface area contributed by atoms with Crippen molar-refractivity contribution >= 4 is 27.2 Å². The van der Waals surface area contributed by atoms with E-state index in [1.165, 1.54) is 28.7 Å². The largest absolute Gasteiger partial charge is 0.370 e. The second-order valence-electron chi connectivity index (χ2n) is 6.53. The molecular formula is C16H18N4OS. The second-order valence-corrected chi connectivity index (χ2v) is 7.61. The van der Waals surface area contributed by atoms with Crippen LogP contribution < -0.4 is 0 Å². The van der Waals surface area contributed by atoms with E-state index in [1.807, 2.05) is 22.1 Å². The Morgan fingerprint density at radius 1 is 1.32 bits per heavy atom. The van der Waals surface area contributed by atoms with E-state index in [0.29, 0.717) is 0 Å². The van der Waals surface area contributed by atoms with Crippen molar-refractivity contribution in [1.29, 1.82) is 0 Å². The van der Waals surface area contributed by atoms with Gasteiger partial charge in [-0.05, 0) is 43.6 Å². The Kier molecular flexibility index (Phi) is 2.79. The lowest BCUT2D eigenvalue weighted by Crippen LogP contribution is -2.08. The Bertz CT molecular complexity index is 862. The van der Waals surface area contributed by atoms with Crippen LogP contribution in [0.15, 0.2) is 6.33 Å². The first kappa shape index (κ1) is 13.0. The molecule has 0 radical (unpaired) electrons. The number of aryl methyl sites for hydroxylation is 1. The average Bonchev–Trinajstić information content (AvgIpc) is 3.22. The van der Waals surface area contributed by atoms with Crippen molar-refractivity contribution in [2.75, 3.05) is 6.61 Å². The average molecular weight is 314 g/mol. The Hall–Kier alpha value is -1.53. The Balaban J connectivity index is 1.74. The summed E-state index contributed by atoms with van der Waals surface area (Å²) >= 11 is 1.84. The van der Waals surface area contributed by atoms with E-state index in [4.69, 9.17) is 4.74 Å². The molecule has 4 heterocycles. The van der Waals surface area contributed by atoms with Gasteiger partial charge in [0.2, 0.25) is 0 Å². The third kappa shape index (κ3) is 1.77. The first-order valence-electron chi connectivity index (χ1n) is 8.06. The minimum absolute atomic E-state index is 0.0729. The number of aromatic nitrogens is 4. The number of fused-ring (bicyclic) bond motifs is 5. The van der Waals surface area contributed by atoms with Crippen molar-refractivity contribution in [1.82, 2.24) is 19.6 Å². The second kappa shape index (κ2) is 4.73. The van der Waals surface area contributed by atoms with Crippen molar-refractivity contribution in [3.63, 3.8) is 0 Å². The van der Waals surface area contributed by atoms with E-state index in [9.17, 15) is 0 Å². The van der Waals surface area contributed by atoms with Crippen LogP contribution in [0.1, 0.15) is 48.6 Å². The van der Waals surface area contributed by atoms with Crippen molar-refractivity contribution in [3.05, 3.63) is 22.6 Å². The molecule has 1 saturated heterocycles. The number of hydrogen-bond donors (Lipinski definition) is 0. The first-order chi connectivity index (χ1) is 10.8. The Labute approximate surface area is 132 Å². The van der Waals surface area contributed by atoms with Gasteiger partial charge >= 0.3 is 0 Å². The van der Waals surface area contributed by atoms with Crippen LogP contribution in [0.2, 0.25) is 0 Å². The molecule has 1 aliphatic heterocycles. The predicted molar refractivity (Wildman–Crippen MR) is 85.3 cm³/mol. The number of nitrogens with zero attached hydrogens (tertiary/aromatic N) is 4. The molecule has 114 valence electrons. The molecule has 2 atom stereocenters. The highest BCUT2D eigenvalue weighted by molar-refractivity contribution is 7.19. The zero-order valence-corrected chi connectivity index (χ0v) is 13.4. The molecule has 22 heavy (non-hydrogen) atoms. The molecule has 0 spiro atoms. The third-order valence-electron chi connectivity index (χ3n) is 4.95. The molecule has 2 aliphatic rings. The standard InChI is InChI=1S/C16H18N4OS/c1-9-4-5-10-12(7-9)22-16-13(10)15-19-18-14(20(15)8-17-16)11-3-2-6-21-11/h8-9,11H,2-7H2,1H3/t9-,11-/m1/s1. The molecule has 0 bridgehead atoms. The lowest BCUT2D eigenvalue weighted by Gasteiger charge is -2.17. The van der Waals surface area contributed by atoms with Gasteiger partial charge in [-0.15, -0.1) is 21.5 Å². The van der Waals surface area contributed by atoms with Crippen LogP contribution >= 0.6 is 11.3 Å². The van der Waals surface area contributed by atoms with Crippen molar-refractivity contribution in [3.8, 4) is 0 Å². The fraction of sp³-hybridized carbons (Fsp3) is 0.562. The highest BCUT2D eigenvalue weighted by Crippen LogP contribution is 2.39. The molecule has 0 saturated carbocycles. The number of hydrogen-bond acceptors (Lipinski definition) is 5. The highest BCUT2D eigenvalue weighted by atomic mass is 32.1. The van der Waals surface area contributed by atoms with E-state index in [2.05, 4.69) is 22.1 Å². The zero-order valence-electron chi connectivity index (χ0n) is 12.6. The van der Waals surface area contributed by atoms with Crippen molar-refractivity contribution in [2.24, 2.45) is 5.92 Å². The summed E-state index contributed by atoms with van der Waals surface area (Å²) in [6.07, 6.45) is 7.64. The maximum atomic E-state index is 5.78. The molecule has 1 fully saturated rings. The summed E-state index contributed by atoms with van der Waals surface area (Å²) in [6.45, 7) is 3.16. The summed E-state index contributed by atoms with van der Waals surface area (Å²) in [6, 6.07) is 0. The van der Waals surface area contributed by atoms with Crippen LogP contribution in [0.25, 0.3) is 15.9 Å². The quantitative estimate of drug-likeness (QED) is 0.691. The van der Waals surface area contributed by atoms with Gasteiger partial charge in [-0.1, -0.05) is 6.92 Å². The summed E-state index contributed by atoms with van der Waals surface area (Å²) in [5.74, 6) is 1.68. The van der Waals surface area contributed by atoms with Gasteiger partial charge in [0.15, 0.2) is 11.5 Å². The van der Waals surface area contributed by atoms with Gasteiger partial charge < -0.3 is 4.74 Å². The molecule has 1 aliphatic carbocycles. The fourth-order valence-electron chi connectivity index (χ4n) is 3.76. The minimum atomic E-state index is 0.0729. The summed E-state index contributed by atoms with van der Waals surface area (Å²) < 4.78 is 7.82. The Morgan fingerprint density at radius 3 is 3.14 bits per heavy atom. The van der Waals surface area contributed by atoms with Crippen LogP contribution in [0.3, 0.4) is 0 Å². The molecule has 0 amide bonds. The maximum absolute atomic E-state index is 5.78. The lowest BCUT2D eigenvalue weighted by molar-refractivity contribution is 0.104. The van der Waals surface area contributed by atoms with Gasteiger partial charge in [-0.25, -0.2) is 4.98 Å². The monoisotopic (exact) mass is 314 g/mol. The number of ether oxygens (including phenoxy) is 1. The van der Waals surface area contributed by atoms with Gasteiger partial charge in [-0.2, -0.15) is 0 Å². The summed E-state index contributed by atoms with van der Waals surface area (Å²) in [5.41, 5.74) is 2.42. The number of thiophene rings is 1. The van der Waals surface area contributed by atoms with Crippen LogP contribution in [0.5, 0.6) is 0 Å². The summed E-state index contributed by atoms with van der Waals surface area (Å²) in [5, 5.41) is 10.1. The van der Waals surface area contributed by atoms with Crippen LogP contribution in [-0.2, 0) is 17.6 Å². The highest BCUT2D eigenvalue weighted by Gasteiger charge is 2.27. The Morgan fingerprint density at radius 2 is 2.27 bits per heavy atom. The molecule has 0 aromatic carbocycles. The van der Waals surface area contributed by atoms with Gasteiger partial charge in [-0.3, -0.25) is 4.40 Å². The topological polar surface area (TPSA) is 52.3 Å². The minimum Gasteiger partial charge on any atom is -0.370 e. The SMILES string of the molecule is C[C@@H]1CCc2c(sc3ncn4c([C@H]5CCCO5)nnc4c23)C1. The van der Waals surface area contributed by atoms with Crippen LogP contribution in [0.4, 0.5) is 0 Å². The van der Waals surface area contributed by atoms with Gasteiger partial charge in [0.05, 0.1) is 5.39 Å². The van der Waals surface area contributed by atoms with Crippen molar-refractivity contribution < 1.29 is 4.74 Å². The van der Waals surface area contributed by atoms with Crippen LogP contribution in [-0.4, -0.2) is 26.2 Å². The van der Waals surface area contributed by atoms with E-state index in [1.54, 1.807) is 0 Å². The van der Waals surface area contributed by atoms with E-state index in [0.717, 1.165) is 48.1 Å². The normalized spacial score (nSPS) is 25.1. The molecule has 0 N–H and O–H groups in total. The molecule has 5 rings (SSSR count). The maximum Gasteiger partial charge on any atom is 0.172 e. The third-order valence-corrected chi connectivity index (χ3v) is 6.11. The summed E-state index contributed by atoms with van der Waals surface area (Å²) in [4.78, 5) is 7.30. The van der Waals surface area contributed by atoms with Crippen LogP contribution in [0, 0.1) is 5.92 Å². The predicted octanol–water partition coefficient (Wildman–Crippen LogP) is 3.32. The molecule has 3 aromatic heterocycles. The molecule has 3 aromatic rings. The number of rotatable bonds is 1. The molecular weight excluding hydrogens is 296 g/mol. The first-order valence-corrected chi connectivity index (χ1v) is 8.88. The van der Waals surface area contributed by atoms with E-state index >= 15 is 0 Å². The molecule has 5 nitrogen and oxygen atoms in total. The van der Waals surface area contributed by atoms with Gasteiger partial charge in [0, 0.05) is 11.5 Å². The van der Waals surface area contributed by atoms with Crippen molar-refractivity contribution in [2.45, 2.75) is 45.1 Å². The molecule has 6 heteroatoms. The van der Waals surface area contributed by atoms with E-state index in [-0.39, 0.29) is 6.10 Å². The van der Waals surface area contributed by atoms with Gasteiger partial charge in [0.25, 0.3) is 0 Å². The van der Waals surface area contributed by atoms with Gasteiger partial charge in [0.1, 0.15) is 17.3 Å². The zero-order chi connectivity index (χ0) is 14.7. The lowest BCUT2D eigenvalue weighted by atomic mass is 9.89. The molecule has 0 unspecified atom stereocenters. The fourth-order valence-corrected chi connectivity index (χ4v) is 5.10. The smallest absolute Gasteiger partial charge is 0.172 e. The summed E-state index contributed by atoms with van der Waals surface area (Å²) in [7, 11) is 0. The van der Waals surface area contributed by atoms with E-state index < -0.39 is 0 Å².